The third-order valence-corrected chi connectivity index (χ3v) is 4.45. The van der Waals surface area contributed by atoms with Crippen LogP contribution in [-0.4, -0.2) is 17.9 Å². The van der Waals surface area contributed by atoms with Gasteiger partial charge in [0.05, 0.1) is 0 Å². The second-order valence-electron chi connectivity index (χ2n) is 6.45. The number of rotatable bonds is 6. The summed E-state index contributed by atoms with van der Waals surface area (Å²) in [6, 6.07) is 16.5. The number of ketones is 1. The number of ether oxygens (including phenoxy) is 2. The molecule has 0 bridgehead atoms. The van der Waals surface area contributed by atoms with Gasteiger partial charge in [-0.1, -0.05) is 11.6 Å². The molecule has 0 aromatic heterocycles. The van der Waals surface area contributed by atoms with Gasteiger partial charge in [0.2, 0.25) is 0 Å². The summed E-state index contributed by atoms with van der Waals surface area (Å²) in [6.07, 6.45) is -0.838. The predicted octanol–water partition coefficient (Wildman–Crippen LogP) is 5.39. The van der Waals surface area contributed by atoms with Crippen molar-refractivity contribution in [2.75, 3.05) is 0 Å². The average Bonchev–Trinajstić information content (AvgIpc) is 2.70. The molecule has 0 aliphatic heterocycles. The summed E-state index contributed by atoms with van der Waals surface area (Å²) >= 11 is 5.92. The molecule has 0 heterocycles. The zero-order valence-electron chi connectivity index (χ0n) is 15.8. The Morgan fingerprint density at radius 3 is 2.10 bits per heavy atom. The Bertz CT molecular complexity index is 1030. The van der Waals surface area contributed by atoms with Gasteiger partial charge in [0, 0.05) is 16.1 Å². The van der Waals surface area contributed by atoms with Crippen molar-refractivity contribution in [2.45, 2.75) is 20.0 Å². The summed E-state index contributed by atoms with van der Waals surface area (Å²) in [5.74, 6) is -0.406. The van der Waals surface area contributed by atoms with Crippen LogP contribution in [-0.2, 0) is 4.79 Å². The number of esters is 1. The first-order valence-electron chi connectivity index (χ1n) is 8.88. The second-order valence-corrected chi connectivity index (χ2v) is 6.89. The van der Waals surface area contributed by atoms with Gasteiger partial charge >= 0.3 is 5.97 Å². The summed E-state index contributed by atoms with van der Waals surface area (Å²) in [4.78, 5) is 24.7. The van der Waals surface area contributed by atoms with Crippen LogP contribution >= 0.6 is 11.6 Å². The number of aryl methyl sites for hydroxylation is 1. The standard InChI is InChI=1S/C23H18ClFO4/c1-14-13-18(24)7-12-21(14)28-15(2)23(27)29-20-10-5-17(6-11-20)22(26)16-3-8-19(25)9-4-16/h3-13,15H,1-2H3/t15-/m1/s1. The van der Waals surface area contributed by atoms with Crippen molar-refractivity contribution in [3.05, 3.63) is 94.3 Å². The Hall–Kier alpha value is -3.18. The zero-order valence-corrected chi connectivity index (χ0v) is 16.6. The Labute approximate surface area is 172 Å². The lowest BCUT2D eigenvalue weighted by Crippen LogP contribution is -2.28. The summed E-state index contributed by atoms with van der Waals surface area (Å²) in [6.45, 7) is 3.42. The molecule has 6 heteroatoms. The molecule has 0 N–H and O–H groups in total. The minimum atomic E-state index is -0.838. The molecular weight excluding hydrogens is 395 g/mol. The topological polar surface area (TPSA) is 52.6 Å². The minimum Gasteiger partial charge on any atom is -0.479 e. The molecule has 0 saturated heterocycles. The van der Waals surface area contributed by atoms with E-state index in [0.717, 1.165) is 5.56 Å². The highest BCUT2D eigenvalue weighted by Gasteiger charge is 2.19. The van der Waals surface area contributed by atoms with Crippen molar-refractivity contribution < 1.29 is 23.5 Å². The number of hydrogen-bond acceptors (Lipinski definition) is 4. The fourth-order valence-electron chi connectivity index (χ4n) is 2.63. The molecule has 148 valence electrons. The molecule has 0 unspecified atom stereocenters. The molecule has 29 heavy (non-hydrogen) atoms. The molecule has 3 rings (SSSR count). The number of carbonyl (C=O) groups excluding carboxylic acids is 2. The summed E-state index contributed by atoms with van der Waals surface area (Å²) in [5.41, 5.74) is 1.58. The highest BCUT2D eigenvalue weighted by atomic mass is 35.5. The number of benzene rings is 3. The van der Waals surface area contributed by atoms with Gasteiger partial charge in [-0.2, -0.15) is 0 Å². The fourth-order valence-corrected chi connectivity index (χ4v) is 2.85. The van der Waals surface area contributed by atoms with E-state index in [9.17, 15) is 14.0 Å². The van der Waals surface area contributed by atoms with Crippen LogP contribution in [0.5, 0.6) is 11.5 Å². The van der Waals surface area contributed by atoms with Gasteiger partial charge in [-0.05, 0) is 86.1 Å². The van der Waals surface area contributed by atoms with E-state index in [1.54, 1.807) is 37.3 Å². The van der Waals surface area contributed by atoms with Gasteiger partial charge in [0.25, 0.3) is 0 Å². The van der Waals surface area contributed by atoms with Crippen molar-refractivity contribution in [3.8, 4) is 11.5 Å². The quantitative estimate of drug-likeness (QED) is 0.309. The Kier molecular flexibility index (Phi) is 6.29. The molecule has 4 nitrogen and oxygen atoms in total. The molecule has 0 saturated carbocycles. The van der Waals surface area contributed by atoms with Gasteiger partial charge < -0.3 is 9.47 Å². The molecule has 0 fully saturated rings. The molecule has 0 radical (unpaired) electrons. The monoisotopic (exact) mass is 412 g/mol. The smallest absolute Gasteiger partial charge is 0.352 e. The molecule has 0 spiro atoms. The van der Waals surface area contributed by atoms with E-state index < -0.39 is 17.9 Å². The maximum Gasteiger partial charge on any atom is 0.352 e. The van der Waals surface area contributed by atoms with Crippen LogP contribution in [0.2, 0.25) is 5.02 Å². The molecule has 1 atom stereocenters. The van der Waals surface area contributed by atoms with Crippen molar-refractivity contribution in [3.63, 3.8) is 0 Å². The summed E-state index contributed by atoms with van der Waals surface area (Å²) in [7, 11) is 0. The van der Waals surface area contributed by atoms with E-state index in [-0.39, 0.29) is 11.5 Å². The maximum absolute atomic E-state index is 13.0. The third-order valence-electron chi connectivity index (χ3n) is 4.21. The van der Waals surface area contributed by atoms with E-state index in [2.05, 4.69) is 0 Å². The van der Waals surface area contributed by atoms with Gasteiger partial charge in [0.1, 0.15) is 17.3 Å². The number of carbonyl (C=O) groups is 2. The van der Waals surface area contributed by atoms with Crippen molar-refractivity contribution in [1.82, 2.24) is 0 Å². The van der Waals surface area contributed by atoms with Crippen LogP contribution in [0.15, 0.2) is 66.7 Å². The lowest BCUT2D eigenvalue weighted by atomic mass is 10.0. The number of hydrogen-bond donors (Lipinski definition) is 0. The van der Waals surface area contributed by atoms with Gasteiger partial charge in [-0.15, -0.1) is 0 Å². The Balaban J connectivity index is 1.63. The first-order chi connectivity index (χ1) is 13.8. The first-order valence-corrected chi connectivity index (χ1v) is 9.26. The van der Waals surface area contributed by atoms with Crippen LogP contribution < -0.4 is 9.47 Å². The van der Waals surface area contributed by atoms with E-state index in [4.69, 9.17) is 21.1 Å². The Morgan fingerprint density at radius 2 is 1.52 bits per heavy atom. The van der Waals surface area contributed by atoms with Crippen molar-refractivity contribution >= 4 is 23.4 Å². The van der Waals surface area contributed by atoms with Crippen LogP contribution in [0.3, 0.4) is 0 Å². The normalized spacial score (nSPS) is 11.6. The second kappa shape index (κ2) is 8.88. The van der Waals surface area contributed by atoms with E-state index in [1.165, 1.54) is 36.4 Å². The fraction of sp³-hybridized carbons (Fsp3) is 0.130. The predicted molar refractivity (Wildman–Crippen MR) is 108 cm³/mol. The molecule has 0 aliphatic rings. The highest BCUT2D eigenvalue weighted by molar-refractivity contribution is 6.30. The van der Waals surface area contributed by atoms with E-state index in [1.807, 2.05) is 6.92 Å². The van der Waals surface area contributed by atoms with Crippen molar-refractivity contribution in [2.24, 2.45) is 0 Å². The molecule has 3 aromatic rings. The van der Waals surface area contributed by atoms with E-state index >= 15 is 0 Å². The third kappa shape index (κ3) is 5.21. The Morgan fingerprint density at radius 1 is 0.931 bits per heavy atom. The van der Waals surface area contributed by atoms with Crippen LogP contribution in [0.4, 0.5) is 4.39 Å². The first kappa shape index (κ1) is 20.6. The lowest BCUT2D eigenvalue weighted by Gasteiger charge is -2.15. The average molecular weight is 413 g/mol. The van der Waals surface area contributed by atoms with E-state index in [0.29, 0.717) is 21.9 Å². The summed E-state index contributed by atoms with van der Waals surface area (Å²) in [5, 5.41) is 0.584. The molecular formula is C23H18ClFO4. The van der Waals surface area contributed by atoms with Crippen LogP contribution in [0.25, 0.3) is 0 Å². The van der Waals surface area contributed by atoms with Crippen LogP contribution in [0, 0.1) is 12.7 Å². The highest BCUT2D eigenvalue weighted by Crippen LogP contribution is 2.23. The zero-order chi connectivity index (χ0) is 21.0. The lowest BCUT2D eigenvalue weighted by molar-refractivity contribution is -0.141. The van der Waals surface area contributed by atoms with Crippen LogP contribution in [0.1, 0.15) is 28.4 Å². The van der Waals surface area contributed by atoms with Gasteiger partial charge in [0.15, 0.2) is 11.9 Å². The van der Waals surface area contributed by atoms with Gasteiger partial charge in [-0.3, -0.25) is 4.79 Å². The van der Waals surface area contributed by atoms with Crippen molar-refractivity contribution in [1.29, 1.82) is 0 Å². The summed E-state index contributed by atoms with van der Waals surface area (Å²) < 4.78 is 24.0. The number of halogens is 2. The molecule has 0 amide bonds. The maximum atomic E-state index is 13.0. The molecule has 3 aromatic carbocycles. The molecule has 0 aliphatic carbocycles. The van der Waals surface area contributed by atoms with Gasteiger partial charge in [-0.25, -0.2) is 9.18 Å². The largest absolute Gasteiger partial charge is 0.479 e. The minimum absolute atomic E-state index is 0.252. The SMILES string of the molecule is Cc1cc(Cl)ccc1O[C@H](C)C(=O)Oc1ccc(C(=O)c2ccc(F)cc2)cc1.